The maximum absolute atomic E-state index is 12.1. The summed E-state index contributed by atoms with van der Waals surface area (Å²) in [5, 5.41) is 20.6. The zero-order valence-corrected chi connectivity index (χ0v) is 16.9. The van der Waals surface area contributed by atoms with E-state index in [4.69, 9.17) is 4.74 Å². The number of carbonyl (C=O) groups excluding carboxylic acids is 1. The fourth-order valence-corrected chi connectivity index (χ4v) is 5.44. The Morgan fingerprint density at radius 3 is 2.67 bits per heavy atom. The second kappa shape index (κ2) is 7.06. The van der Waals surface area contributed by atoms with Crippen molar-refractivity contribution in [3.8, 4) is 0 Å². The zero-order valence-electron chi connectivity index (χ0n) is 16.9. The minimum absolute atomic E-state index is 0.0151. The maximum atomic E-state index is 12.1. The number of allylic oxidation sites excluding steroid dienone is 4. The first-order valence-electron chi connectivity index (χ1n) is 9.89. The molecule has 5 atom stereocenters. The van der Waals surface area contributed by atoms with Gasteiger partial charge in [-0.25, -0.2) is 4.79 Å². The molecule has 2 N–H and O–H groups in total. The topological polar surface area (TPSA) is 66.8 Å². The number of rotatable bonds is 3. The number of ether oxygens (including phenoxy) is 1. The van der Waals surface area contributed by atoms with Crippen molar-refractivity contribution in [1.29, 1.82) is 0 Å². The van der Waals surface area contributed by atoms with Crippen LogP contribution in [0.15, 0.2) is 47.3 Å². The predicted molar refractivity (Wildman–Crippen MR) is 106 cm³/mol. The van der Waals surface area contributed by atoms with Crippen LogP contribution in [0, 0.1) is 22.7 Å². The highest BCUT2D eigenvalue weighted by molar-refractivity contribution is 5.95. The fraction of sp³-hybridized carbons (Fsp3) is 0.609. The molecule has 4 heteroatoms. The monoisotopic (exact) mass is 372 g/mol. The van der Waals surface area contributed by atoms with Crippen molar-refractivity contribution in [2.45, 2.75) is 59.5 Å². The number of cyclic esters (lactones) is 1. The van der Waals surface area contributed by atoms with Gasteiger partial charge in [0.2, 0.25) is 0 Å². The molecule has 27 heavy (non-hydrogen) atoms. The summed E-state index contributed by atoms with van der Waals surface area (Å²) in [6, 6.07) is 0. The van der Waals surface area contributed by atoms with Gasteiger partial charge in [-0.3, -0.25) is 0 Å². The van der Waals surface area contributed by atoms with E-state index < -0.39 is 11.5 Å². The van der Waals surface area contributed by atoms with Gasteiger partial charge < -0.3 is 14.9 Å². The molecule has 0 spiro atoms. The Bertz CT molecular complexity index is 739. The number of aliphatic hydroxyl groups is 2. The molecule has 0 saturated heterocycles. The van der Waals surface area contributed by atoms with E-state index in [9.17, 15) is 15.0 Å². The van der Waals surface area contributed by atoms with Crippen LogP contribution in [0.2, 0.25) is 0 Å². The highest BCUT2D eigenvalue weighted by atomic mass is 16.5. The first kappa shape index (κ1) is 20.1. The van der Waals surface area contributed by atoms with Crippen LogP contribution < -0.4 is 0 Å². The van der Waals surface area contributed by atoms with E-state index in [1.165, 1.54) is 0 Å². The van der Waals surface area contributed by atoms with Gasteiger partial charge in [-0.05, 0) is 62.5 Å². The smallest absolute Gasteiger partial charge is 0.343 e. The molecule has 0 bridgehead atoms. The zero-order chi connectivity index (χ0) is 20.0. The van der Waals surface area contributed by atoms with Crippen LogP contribution in [0.3, 0.4) is 0 Å². The minimum Gasteiger partial charge on any atom is -0.423 e. The van der Waals surface area contributed by atoms with Crippen molar-refractivity contribution in [1.82, 2.24) is 0 Å². The van der Waals surface area contributed by atoms with Gasteiger partial charge >= 0.3 is 5.97 Å². The molecule has 3 aliphatic rings. The Balaban J connectivity index is 1.93. The van der Waals surface area contributed by atoms with Gasteiger partial charge in [0, 0.05) is 11.3 Å². The highest BCUT2D eigenvalue weighted by Crippen LogP contribution is 2.61. The molecule has 0 amide bonds. The van der Waals surface area contributed by atoms with Crippen molar-refractivity contribution in [2.75, 3.05) is 6.61 Å². The summed E-state index contributed by atoms with van der Waals surface area (Å²) in [5.41, 5.74) is 2.10. The van der Waals surface area contributed by atoms with E-state index in [1.807, 2.05) is 26.8 Å². The first-order valence-corrected chi connectivity index (χ1v) is 9.89. The van der Waals surface area contributed by atoms with Crippen molar-refractivity contribution in [2.24, 2.45) is 22.7 Å². The minimum atomic E-state index is -0.499. The molecule has 4 nitrogen and oxygen atoms in total. The molecule has 148 valence electrons. The van der Waals surface area contributed by atoms with Crippen molar-refractivity contribution >= 4 is 5.97 Å². The van der Waals surface area contributed by atoms with E-state index in [0.29, 0.717) is 17.8 Å². The lowest BCUT2D eigenvalue weighted by Gasteiger charge is -2.59. The van der Waals surface area contributed by atoms with Crippen LogP contribution in [0.25, 0.3) is 0 Å². The quantitative estimate of drug-likeness (QED) is 0.579. The summed E-state index contributed by atoms with van der Waals surface area (Å²) in [6.45, 7) is 12.4. The predicted octanol–water partition coefficient (Wildman–Crippen LogP) is 4.06. The van der Waals surface area contributed by atoms with Gasteiger partial charge in [-0.1, -0.05) is 38.2 Å². The summed E-state index contributed by atoms with van der Waals surface area (Å²) >= 11 is 0. The van der Waals surface area contributed by atoms with E-state index in [1.54, 1.807) is 6.08 Å². The number of esters is 1. The lowest BCUT2D eigenvalue weighted by Crippen LogP contribution is -2.57. The van der Waals surface area contributed by atoms with E-state index in [-0.39, 0.29) is 29.8 Å². The van der Waals surface area contributed by atoms with Gasteiger partial charge in [-0.15, -0.1) is 0 Å². The van der Waals surface area contributed by atoms with Crippen LogP contribution in [0.5, 0.6) is 0 Å². The van der Waals surface area contributed by atoms with Gasteiger partial charge in [-0.2, -0.15) is 0 Å². The van der Waals surface area contributed by atoms with Crippen LogP contribution >= 0.6 is 0 Å². The summed E-state index contributed by atoms with van der Waals surface area (Å²) in [4.78, 5) is 12.1. The largest absolute Gasteiger partial charge is 0.423 e. The lowest BCUT2D eigenvalue weighted by atomic mass is 9.46. The van der Waals surface area contributed by atoms with E-state index in [0.717, 1.165) is 30.4 Å². The molecular weight excluding hydrogens is 340 g/mol. The number of carbonyl (C=O) groups is 1. The highest BCUT2D eigenvalue weighted by Gasteiger charge is 2.57. The van der Waals surface area contributed by atoms with Crippen LogP contribution in [0.4, 0.5) is 0 Å². The summed E-state index contributed by atoms with van der Waals surface area (Å²) in [5.74, 6) is 0.625. The molecule has 0 aromatic heterocycles. The van der Waals surface area contributed by atoms with Crippen LogP contribution in [0.1, 0.15) is 53.4 Å². The Kier molecular flexibility index (Phi) is 5.26. The van der Waals surface area contributed by atoms with Gasteiger partial charge in [0.15, 0.2) is 0 Å². The molecule has 1 heterocycles. The number of hydrogen-bond donors (Lipinski definition) is 2. The third-order valence-corrected chi connectivity index (χ3v) is 7.24. The molecule has 0 aromatic carbocycles. The molecule has 2 saturated carbocycles. The van der Waals surface area contributed by atoms with Crippen molar-refractivity contribution in [3.63, 3.8) is 0 Å². The third kappa shape index (κ3) is 3.23. The SMILES string of the molecule is C=C1CC[C@@H]2[C@](C)(CO)[C@H](O)CC[C@]2(C)[C@@H]1/C=C/C1=CC(=C(C)C)OC1=O. The second-order valence-corrected chi connectivity index (χ2v) is 9.16. The summed E-state index contributed by atoms with van der Waals surface area (Å²) < 4.78 is 5.31. The lowest BCUT2D eigenvalue weighted by molar-refractivity contribution is -0.145. The van der Waals surface area contributed by atoms with E-state index >= 15 is 0 Å². The molecule has 1 aliphatic heterocycles. The summed E-state index contributed by atoms with van der Waals surface area (Å²) in [6.07, 6.45) is 8.63. The van der Waals surface area contributed by atoms with Crippen LogP contribution in [-0.2, 0) is 9.53 Å². The average molecular weight is 373 g/mol. The standard InChI is InChI=1S/C23H32O4/c1-14(2)18-12-16(21(26)27-18)7-8-17-15(3)6-9-19-22(17,4)11-10-20(25)23(19,5)13-24/h7-8,12,17,19-20,24-25H,3,6,9-11,13H2,1-2,4-5H3/b8-7+/t17-,19+,20-,22-,23+/m1/s1. The van der Waals surface area contributed by atoms with Gasteiger partial charge in [0.25, 0.3) is 0 Å². The molecule has 0 unspecified atom stereocenters. The van der Waals surface area contributed by atoms with Crippen LogP contribution in [-0.4, -0.2) is 28.9 Å². The van der Waals surface area contributed by atoms with E-state index in [2.05, 4.69) is 19.6 Å². The Hall–Kier alpha value is -1.65. The molecule has 0 aromatic rings. The second-order valence-electron chi connectivity index (χ2n) is 9.16. The van der Waals surface area contributed by atoms with Gasteiger partial charge in [0.1, 0.15) is 5.76 Å². The van der Waals surface area contributed by atoms with Crippen molar-refractivity contribution in [3.05, 3.63) is 47.3 Å². The average Bonchev–Trinajstić information content (AvgIpc) is 2.99. The fourth-order valence-electron chi connectivity index (χ4n) is 5.44. The summed E-state index contributed by atoms with van der Waals surface area (Å²) in [7, 11) is 0. The third-order valence-electron chi connectivity index (χ3n) is 7.24. The molecule has 3 rings (SSSR count). The Labute approximate surface area is 162 Å². The molecule has 0 radical (unpaired) electrons. The maximum Gasteiger partial charge on any atom is 0.343 e. The molecular formula is C23H32O4. The number of hydrogen-bond acceptors (Lipinski definition) is 4. The number of fused-ring (bicyclic) bond motifs is 1. The molecule has 2 fully saturated rings. The number of aliphatic hydroxyl groups excluding tert-OH is 2. The van der Waals surface area contributed by atoms with Gasteiger partial charge in [0.05, 0.1) is 18.3 Å². The first-order chi connectivity index (χ1) is 12.6. The Morgan fingerprint density at radius 1 is 1.37 bits per heavy atom. The van der Waals surface area contributed by atoms with Crippen molar-refractivity contribution < 1.29 is 19.7 Å². The normalized spacial score (nSPS) is 39.4. The Morgan fingerprint density at radius 2 is 2.07 bits per heavy atom. The molecule has 2 aliphatic carbocycles.